The van der Waals surface area contributed by atoms with Crippen LogP contribution in [-0.4, -0.2) is 29.3 Å². The maximum absolute atomic E-state index is 10.7. The molecular weight excluding hydrogens is 222 g/mol. The van der Waals surface area contributed by atoms with Crippen LogP contribution in [0, 0.1) is 0 Å². The molecule has 1 aromatic rings. The predicted molar refractivity (Wildman–Crippen MR) is 63.4 cm³/mol. The van der Waals surface area contributed by atoms with E-state index < -0.39 is 12.0 Å². The van der Waals surface area contributed by atoms with Crippen molar-refractivity contribution in [3.8, 4) is 11.5 Å². The van der Waals surface area contributed by atoms with Gasteiger partial charge in [-0.3, -0.25) is 4.79 Å². The van der Waals surface area contributed by atoms with Crippen molar-refractivity contribution in [1.82, 2.24) is 0 Å². The summed E-state index contributed by atoms with van der Waals surface area (Å²) < 4.78 is 5.03. The van der Waals surface area contributed by atoms with Crippen molar-refractivity contribution in [2.24, 2.45) is 5.73 Å². The van der Waals surface area contributed by atoms with E-state index in [2.05, 4.69) is 0 Å². The molecule has 0 spiro atoms. The number of carbonyl (C=O) groups is 1. The van der Waals surface area contributed by atoms with E-state index in [0.29, 0.717) is 11.3 Å². The Balaban J connectivity index is 3.09. The van der Waals surface area contributed by atoms with Gasteiger partial charge in [0.25, 0.3) is 0 Å². The third-order valence-corrected chi connectivity index (χ3v) is 2.60. The molecule has 1 unspecified atom stereocenters. The number of phenolic OH excluding ortho intramolecular Hbond substituents is 1. The van der Waals surface area contributed by atoms with Crippen LogP contribution in [0.5, 0.6) is 11.5 Å². The van der Waals surface area contributed by atoms with E-state index in [0.717, 1.165) is 12.0 Å². The predicted octanol–water partition coefficient (Wildman–Crippen LogP) is 0.918. The molecule has 94 valence electrons. The van der Waals surface area contributed by atoms with Crippen molar-refractivity contribution in [2.45, 2.75) is 25.8 Å². The number of aromatic hydroxyl groups is 1. The van der Waals surface area contributed by atoms with Crippen LogP contribution >= 0.6 is 0 Å². The lowest BCUT2D eigenvalue weighted by atomic mass is 10.0. The third kappa shape index (κ3) is 3.10. The second-order valence-electron chi connectivity index (χ2n) is 3.81. The number of carboxylic acid groups (broad SMARTS) is 1. The smallest absolute Gasteiger partial charge is 0.320 e. The van der Waals surface area contributed by atoms with Gasteiger partial charge in [0.05, 0.1) is 7.11 Å². The fourth-order valence-electron chi connectivity index (χ4n) is 1.57. The van der Waals surface area contributed by atoms with E-state index in [9.17, 15) is 9.90 Å². The lowest BCUT2D eigenvalue weighted by Crippen LogP contribution is -2.32. The van der Waals surface area contributed by atoms with Gasteiger partial charge in [-0.1, -0.05) is 13.0 Å². The highest BCUT2D eigenvalue weighted by Gasteiger charge is 2.17. The molecule has 1 aromatic carbocycles. The van der Waals surface area contributed by atoms with Crippen molar-refractivity contribution < 1.29 is 19.7 Å². The molecule has 5 nitrogen and oxygen atoms in total. The van der Waals surface area contributed by atoms with E-state index >= 15 is 0 Å². The van der Waals surface area contributed by atoms with Gasteiger partial charge in [0.2, 0.25) is 0 Å². The molecule has 0 heterocycles. The van der Waals surface area contributed by atoms with Crippen LogP contribution < -0.4 is 10.5 Å². The van der Waals surface area contributed by atoms with Gasteiger partial charge in [-0.2, -0.15) is 0 Å². The molecule has 0 aromatic heterocycles. The van der Waals surface area contributed by atoms with Crippen LogP contribution in [0.25, 0.3) is 0 Å². The first-order valence-corrected chi connectivity index (χ1v) is 5.36. The highest BCUT2D eigenvalue weighted by atomic mass is 16.5. The number of hydrogen-bond acceptors (Lipinski definition) is 4. The molecule has 0 aliphatic carbocycles. The zero-order valence-electron chi connectivity index (χ0n) is 9.93. The van der Waals surface area contributed by atoms with Crippen molar-refractivity contribution in [1.29, 1.82) is 0 Å². The molecular formula is C12H17NO4. The van der Waals surface area contributed by atoms with Gasteiger partial charge in [-0.25, -0.2) is 0 Å². The number of aryl methyl sites for hydroxylation is 1. The van der Waals surface area contributed by atoms with Crippen molar-refractivity contribution in [3.05, 3.63) is 23.3 Å². The molecule has 0 bridgehead atoms. The van der Waals surface area contributed by atoms with Crippen LogP contribution in [0.1, 0.15) is 18.1 Å². The molecule has 5 heteroatoms. The fourth-order valence-corrected chi connectivity index (χ4v) is 1.57. The van der Waals surface area contributed by atoms with Gasteiger partial charge in [0, 0.05) is 12.0 Å². The van der Waals surface area contributed by atoms with E-state index in [4.69, 9.17) is 15.6 Å². The molecule has 4 N–H and O–H groups in total. The summed E-state index contributed by atoms with van der Waals surface area (Å²) in [6.07, 6.45) is 0.845. The van der Waals surface area contributed by atoms with Gasteiger partial charge < -0.3 is 20.7 Å². The van der Waals surface area contributed by atoms with Gasteiger partial charge in [0.1, 0.15) is 6.04 Å². The maximum Gasteiger partial charge on any atom is 0.320 e. The van der Waals surface area contributed by atoms with Gasteiger partial charge in [-0.15, -0.1) is 0 Å². The summed E-state index contributed by atoms with van der Waals surface area (Å²) in [7, 11) is 1.45. The van der Waals surface area contributed by atoms with E-state index in [1.165, 1.54) is 7.11 Å². The standard InChI is InChI=1S/C12H17NO4/c1-3-7-4-8(6-9(13)12(15)16)11(14)10(5-7)17-2/h4-5,9,14H,3,6,13H2,1-2H3,(H,15,16). The second kappa shape index (κ2) is 5.54. The number of benzene rings is 1. The topological polar surface area (TPSA) is 92.8 Å². The highest BCUT2D eigenvalue weighted by molar-refractivity contribution is 5.73. The number of methoxy groups -OCH3 is 1. The van der Waals surface area contributed by atoms with E-state index in [-0.39, 0.29) is 12.2 Å². The van der Waals surface area contributed by atoms with Crippen molar-refractivity contribution >= 4 is 5.97 Å². The van der Waals surface area contributed by atoms with Crippen molar-refractivity contribution in [2.75, 3.05) is 7.11 Å². The summed E-state index contributed by atoms with van der Waals surface area (Å²) in [4.78, 5) is 10.7. The SMILES string of the molecule is CCc1cc(CC(N)C(=O)O)c(O)c(OC)c1. The number of carboxylic acids is 1. The number of aliphatic carboxylic acids is 1. The van der Waals surface area contributed by atoms with Crippen LogP contribution in [0.2, 0.25) is 0 Å². The number of ether oxygens (including phenoxy) is 1. The molecule has 17 heavy (non-hydrogen) atoms. The number of rotatable bonds is 5. The van der Waals surface area contributed by atoms with Crippen molar-refractivity contribution in [3.63, 3.8) is 0 Å². The summed E-state index contributed by atoms with van der Waals surface area (Å²) in [6.45, 7) is 1.97. The zero-order valence-corrected chi connectivity index (χ0v) is 9.93. The summed E-state index contributed by atoms with van der Waals surface area (Å²) in [5.41, 5.74) is 6.91. The number of phenols is 1. The first-order chi connectivity index (χ1) is 7.99. The average Bonchev–Trinajstić information content (AvgIpc) is 2.31. The first kappa shape index (κ1) is 13.3. The highest BCUT2D eigenvalue weighted by Crippen LogP contribution is 2.32. The zero-order chi connectivity index (χ0) is 13.0. The Morgan fingerprint density at radius 2 is 2.18 bits per heavy atom. The lowest BCUT2D eigenvalue weighted by Gasteiger charge is -2.13. The lowest BCUT2D eigenvalue weighted by molar-refractivity contribution is -0.138. The Hall–Kier alpha value is -1.75. The summed E-state index contributed by atoms with van der Waals surface area (Å²) >= 11 is 0. The molecule has 0 amide bonds. The first-order valence-electron chi connectivity index (χ1n) is 5.36. The summed E-state index contributed by atoms with van der Waals surface area (Å²) in [5, 5.41) is 18.6. The average molecular weight is 239 g/mol. The Morgan fingerprint density at radius 1 is 1.53 bits per heavy atom. The molecule has 0 saturated carbocycles. The van der Waals surface area contributed by atoms with E-state index in [1.807, 2.05) is 6.92 Å². The van der Waals surface area contributed by atoms with Crippen LogP contribution in [0.15, 0.2) is 12.1 Å². The Bertz CT molecular complexity index is 417. The molecule has 1 atom stereocenters. The molecule has 0 aliphatic rings. The summed E-state index contributed by atoms with van der Waals surface area (Å²) in [5.74, 6) is -0.788. The van der Waals surface area contributed by atoms with Crippen LogP contribution in [-0.2, 0) is 17.6 Å². The summed E-state index contributed by atoms with van der Waals surface area (Å²) in [6, 6.07) is 2.45. The number of nitrogens with two attached hydrogens (primary N) is 1. The quantitative estimate of drug-likeness (QED) is 0.710. The van der Waals surface area contributed by atoms with Gasteiger partial charge in [0.15, 0.2) is 11.5 Å². The number of hydrogen-bond donors (Lipinski definition) is 3. The van der Waals surface area contributed by atoms with E-state index in [1.54, 1.807) is 12.1 Å². The molecule has 0 aliphatic heterocycles. The minimum Gasteiger partial charge on any atom is -0.504 e. The third-order valence-electron chi connectivity index (χ3n) is 2.60. The molecule has 0 radical (unpaired) electrons. The molecule has 0 saturated heterocycles. The molecule has 0 fully saturated rings. The largest absolute Gasteiger partial charge is 0.504 e. The fraction of sp³-hybridized carbons (Fsp3) is 0.417. The Kier molecular flexibility index (Phi) is 4.34. The van der Waals surface area contributed by atoms with Gasteiger partial charge in [-0.05, 0) is 18.1 Å². The van der Waals surface area contributed by atoms with Crippen LogP contribution in [0.4, 0.5) is 0 Å². The Morgan fingerprint density at radius 3 is 2.65 bits per heavy atom. The maximum atomic E-state index is 10.7. The second-order valence-corrected chi connectivity index (χ2v) is 3.81. The minimum absolute atomic E-state index is 0.0404. The Labute approximate surface area is 99.8 Å². The minimum atomic E-state index is -1.09. The monoisotopic (exact) mass is 239 g/mol. The van der Waals surface area contributed by atoms with Gasteiger partial charge >= 0.3 is 5.97 Å². The normalized spacial score (nSPS) is 12.2. The van der Waals surface area contributed by atoms with Crippen LogP contribution in [0.3, 0.4) is 0 Å². The molecule has 1 rings (SSSR count).